The molecule has 74 valence electrons. The number of hydrogen-bond acceptors (Lipinski definition) is 4. The van der Waals surface area contributed by atoms with Crippen LogP contribution in [0.3, 0.4) is 0 Å². The second-order valence-electron chi connectivity index (χ2n) is 3.19. The Bertz CT molecular complexity index is 431. The van der Waals surface area contributed by atoms with E-state index in [0.29, 0.717) is 0 Å². The molecule has 2 heterocycles. The minimum absolute atomic E-state index is 0.00699. The first kappa shape index (κ1) is 9.83. The fourth-order valence-corrected chi connectivity index (χ4v) is 2.95. The Morgan fingerprint density at radius 1 is 1.43 bits per heavy atom. The van der Waals surface area contributed by atoms with Gasteiger partial charge in [0.1, 0.15) is 0 Å². The lowest BCUT2D eigenvalue weighted by molar-refractivity contribution is 0.887. The summed E-state index contributed by atoms with van der Waals surface area (Å²) in [6, 6.07) is 2.09. The number of thiazole rings is 1. The molecule has 0 bridgehead atoms. The lowest BCUT2D eigenvalue weighted by Gasteiger charge is -2.07. The van der Waals surface area contributed by atoms with Crippen LogP contribution in [0, 0.1) is 13.8 Å². The summed E-state index contributed by atoms with van der Waals surface area (Å²) >= 11 is 3.41. The highest BCUT2D eigenvalue weighted by atomic mass is 32.1. The molecule has 4 heteroatoms. The molecule has 0 radical (unpaired) electrons. The molecule has 2 nitrogen and oxygen atoms in total. The highest BCUT2D eigenvalue weighted by Gasteiger charge is 2.14. The number of aromatic nitrogens is 1. The summed E-state index contributed by atoms with van der Waals surface area (Å²) in [6.45, 7) is 4.11. The summed E-state index contributed by atoms with van der Waals surface area (Å²) in [5.41, 5.74) is 7.37. The van der Waals surface area contributed by atoms with E-state index in [9.17, 15) is 0 Å². The molecule has 0 aliphatic carbocycles. The molecule has 0 spiro atoms. The van der Waals surface area contributed by atoms with E-state index in [-0.39, 0.29) is 6.04 Å². The first-order chi connectivity index (χ1) is 6.68. The van der Waals surface area contributed by atoms with Crippen LogP contribution in [0.2, 0.25) is 0 Å². The molecule has 0 saturated heterocycles. The molecule has 0 saturated carbocycles. The van der Waals surface area contributed by atoms with Crippen LogP contribution in [0.1, 0.15) is 26.4 Å². The van der Waals surface area contributed by atoms with E-state index in [1.165, 1.54) is 10.4 Å². The molecule has 0 aliphatic rings. The monoisotopic (exact) mass is 224 g/mol. The van der Waals surface area contributed by atoms with Crippen molar-refractivity contribution in [2.24, 2.45) is 5.73 Å². The van der Waals surface area contributed by atoms with Gasteiger partial charge in [-0.15, -0.1) is 22.7 Å². The van der Waals surface area contributed by atoms with E-state index in [1.54, 1.807) is 22.7 Å². The summed E-state index contributed by atoms with van der Waals surface area (Å²) in [5.74, 6) is 0. The lowest BCUT2D eigenvalue weighted by atomic mass is 10.1. The zero-order valence-electron chi connectivity index (χ0n) is 8.15. The predicted octanol–water partition coefficient (Wildman–Crippen LogP) is 2.87. The van der Waals surface area contributed by atoms with Gasteiger partial charge in [0, 0.05) is 16.0 Å². The SMILES string of the molecule is Cc1ncc(C(N)c2ccsc2C)s1. The maximum absolute atomic E-state index is 6.15. The quantitative estimate of drug-likeness (QED) is 0.852. The summed E-state index contributed by atoms with van der Waals surface area (Å²) in [5, 5.41) is 3.15. The highest BCUT2D eigenvalue weighted by Crippen LogP contribution is 2.29. The van der Waals surface area contributed by atoms with E-state index >= 15 is 0 Å². The smallest absolute Gasteiger partial charge is 0.0897 e. The van der Waals surface area contributed by atoms with Crippen LogP contribution >= 0.6 is 22.7 Å². The summed E-state index contributed by atoms with van der Waals surface area (Å²) < 4.78 is 0. The van der Waals surface area contributed by atoms with Crippen LogP contribution in [0.25, 0.3) is 0 Å². The number of rotatable bonds is 2. The van der Waals surface area contributed by atoms with Gasteiger partial charge in [-0.3, -0.25) is 0 Å². The normalized spacial score (nSPS) is 13.1. The second kappa shape index (κ2) is 3.81. The van der Waals surface area contributed by atoms with Gasteiger partial charge in [0.05, 0.1) is 11.0 Å². The highest BCUT2D eigenvalue weighted by molar-refractivity contribution is 7.11. The van der Waals surface area contributed by atoms with Crippen molar-refractivity contribution < 1.29 is 0 Å². The van der Waals surface area contributed by atoms with Crippen LogP contribution in [0.5, 0.6) is 0 Å². The van der Waals surface area contributed by atoms with Gasteiger partial charge >= 0.3 is 0 Å². The van der Waals surface area contributed by atoms with E-state index in [1.807, 2.05) is 13.1 Å². The number of nitrogens with two attached hydrogens (primary N) is 1. The van der Waals surface area contributed by atoms with Crippen molar-refractivity contribution in [1.82, 2.24) is 4.98 Å². The topological polar surface area (TPSA) is 38.9 Å². The van der Waals surface area contributed by atoms with Crippen LogP contribution in [-0.2, 0) is 0 Å². The molecule has 0 amide bonds. The number of hydrogen-bond donors (Lipinski definition) is 1. The van der Waals surface area contributed by atoms with Gasteiger partial charge < -0.3 is 5.73 Å². The van der Waals surface area contributed by atoms with Crippen LogP contribution in [-0.4, -0.2) is 4.98 Å². The maximum Gasteiger partial charge on any atom is 0.0897 e. The largest absolute Gasteiger partial charge is 0.320 e. The molecule has 2 rings (SSSR count). The van der Waals surface area contributed by atoms with Gasteiger partial charge in [-0.05, 0) is 30.9 Å². The number of nitrogens with zero attached hydrogens (tertiary/aromatic N) is 1. The van der Waals surface area contributed by atoms with E-state index < -0.39 is 0 Å². The molecular weight excluding hydrogens is 212 g/mol. The molecule has 2 aromatic rings. The average molecular weight is 224 g/mol. The fourth-order valence-electron chi connectivity index (χ4n) is 1.39. The zero-order chi connectivity index (χ0) is 10.1. The second-order valence-corrected chi connectivity index (χ2v) is 5.58. The Balaban J connectivity index is 2.33. The minimum atomic E-state index is -0.00699. The van der Waals surface area contributed by atoms with E-state index in [0.717, 1.165) is 9.88 Å². The summed E-state index contributed by atoms with van der Waals surface area (Å²) in [4.78, 5) is 6.66. The van der Waals surface area contributed by atoms with E-state index in [4.69, 9.17) is 5.73 Å². The first-order valence-corrected chi connectivity index (χ1v) is 6.10. The Morgan fingerprint density at radius 3 is 2.71 bits per heavy atom. The van der Waals surface area contributed by atoms with Gasteiger partial charge in [0.2, 0.25) is 0 Å². The summed E-state index contributed by atoms with van der Waals surface area (Å²) in [7, 11) is 0. The van der Waals surface area contributed by atoms with Gasteiger partial charge in [-0.25, -0.2) is 4.98 Å². The van der Waals surface area contributed by atoms with Crippen LogP contribution < -0.4 is 5.73 Å². The molecule has 0 aliphatic heterocycles. The van der Waals surface area contributed by atoms with Crippen molar-refractivity contribution >= 4 is 22.7 Å². The van der Waals surface area contributed by atoms with Crippen LogP contribution in [0.4, 0.5) is 0 Å². The maximum atomic E-state index is 6.15. The zero-order valence-corrected chi connectivity index (χ0v) is 9.78. The molecule has 2 N–H and O–H groups in total. The fraction of sp³-hybridized carbons (Fsp3) is 0.300. The van der Waals surface area contributed by atoms with Gasteiger partial charge in [-0.1, -0.05) is 0 Å². The first-order valence-electron chi connectivity index (χ1n) is 4.40. The molecule has 1 atom stereocenters. The van der Waals surface area contributed by atoms with Crippen molar-refractivity contribution in [1.29, 1.82) is 0 Å². The Hall–Kier alpha value is -0.710. The third-order valence-corrected chi connectivity index (χ3v) is 4.04. The summed E-state index contributed by atoms with van der Waals surface area (Å²) in [6.07, 6.45) is 1.88. The average Bonchev–Trinajstić information content (AvgIpc) is 2.73. The van der Waals surface area contributed by atoms with Crippen molar-refractivity contribution in [2.45, 2.75) is 19.9 Å². The lowest BCUT2D eigenvalue weighted by Crippen LogP contribution is -2.10. The standard InChI is InChI=1S/C10H12N2S2/c1-6-8(3-4-13-6)10(11)9-5-12-7(2)14-9/h3-5,10H,11H2,1-2H3. The molecule has 2 aromatic heterocycles. The minimum Gasteiger partial charge on any atom is -0.320 e. The van der Waals surface area contributed by atoms with Gasteiger partial charge in [0.25, 0.3) is 0 Å². The van der Waals surface area contributed by atoms with Crippen molar-refractivity contribution in [2.75, 3.05) is 0 Å². The van der Waals surface area contributed by atoms with Crippen molar-refractivity contribution in [3.05, 3.63) is 38.0 Å². The third kappa shape index (κ3) is 1.73. The molecule has 1 unspecified atom stereocenters. The molecule has 14 heavy (non-hydrogen) atoms. The van der Waals surface area contributed by atoms with Gasteiger partial charge in [0.15, 0.2) is 0 Å². The number of thiophene rings is 1. The van der Waals surface area contributed by atoms with Crippen molar-refractivity contribution in [3.63, 3.8) is 0 Å². The van der Waals surface area contributed by atoms with E-state index in [2.05, 4.69) is 23.4 Å². The number of aryl methyl sites for hydroxylation is 2. The van der Waals surface area contributed by atoms with Gasteiger partial charge in [-0.2, -0.15) is 0 Å². The third-order valence-electron chi connectivity index (χ3n) is 2.18. The Kier molecular flexibility index (Phi) is 2.67. The Morgan fingerprint density at radius 2 is 2.21 bits per heavy atom. The predicted molar refractivity (Wildman–Crippen MR) is 61.9 cm³/mol. The van der Waals surface area contributed by atoms with Crippen LogP contribution in [0.15, 0.2) is 17.6 Å². The Labute approximate surface area is 91.4 Å². The molecule has 0 aromatic carbocycles. The molecule has 0 fully saturated rings. The molecular formula is C10H12N2S2. The van der Waals surface area contributed by atoms with Crippen molar-refractivity contribution in [3.8, 4) is 0 Å².